The Morgan fingerprint density at radius 2 is 1.75 bits per heavy atom. The van der Waals surface area contributed by atoms with Crippen molar-refractivity contribution in [3.05, 3.63) is 35.4 Å². The second-order valence-corrected chi connectivity index (χ2v) is 7.39. The first kappa shape index (κ1) is 16.9. The van der Waals surface area contributed by atoms with E-state index in [1.807, 2.05) is 45.0 Å². The molecule has 0 fully saturated rings. The van der Waals surface area contributed by atoms with Crippen molar-refractivity contribution in [2.24, 2.45) is 0 Å². The molecular formula is C15H23NO3S. The number of benzene rings is 1. The van der Waals surface area contributed by atoms with Crippen LogP contribution < -0.4 is 5.32 Å². The molecule has 0 aliphatic carbocycles. The molecule has 1 atom stereocenters. The average Bonchev–Trinajstić information content (AvgIpc) is 2.35. The molecular weight excluding hydrogens is 274 g/mol. The molecule has 1 aromatic carbocycles. The SMILES string of the molecule is CC(C)(C)NC(=O)CCS(=O)Cc1ccc(CO)cc1. The molecule has 112 valence electrons. The molecule has 4 nitrogen and oxygen atoms in total. The molecule has 5 heteroatoms. The first-order valence-corrected chi connectivity index (χ1v) is 8.13. The number of aliphatic hydroxyl groups excluding tert-OH is 1. The van der Waals surface area contributed by atoms with Gasteiger partial charge in [0, 0.05) is 34.3 Å². The summed E-state index contributed by atoms with van der Waals surface area (Å²) in [6.07, 6.45) is 0.276. The van der Waals surface area contributed by atoms with E-state index >= 15 is 0 Å². The van der Waals surface area contributed by atoms with Gasteiger partial charge in [-0.1, -0.05) is 24.3 Å². The van der Waals surface area contributed by atoms with Crippen molar-refractivity contribution >= 4 is 16.7 Å². The third-order valence-electron chi connectivity index (χ3n) is 2.60. The monoisotopic (exact) mass is 297 g/mol. The minimum absolute atomic E-state index is 0.0103. The summed E-state index contributed by atoms with van der Waals surface area (Å²) in [6, 6.07) is 7.36. The molecule has 0 aliphatic rings. The molecule has 20 heavy (non-hydrogen) atoms. The zero-order chi connectivity index (χ0) is 15.2. The lowest BCUT2D eigenvalue weighted by molar-refractivity contribution is -0.122. The van der Waals surface area contributed by atoms with E-state index in [-0.39, 0.29) is 24.5 Å². The maximum atomic E-state index is 11.9. The molecule has 0 bridgehead atoms. The van der Waals surface area contributed by atoms with E-state index in [0.29, 0.717) is 11.5 Å². The Labute approximate surface area is 123 Å². The predicted octanol–water partition coefficient (Wildman–Crippen LogP) is 1.73. The summed E-state index contributed by atoms with van der Waals surface area (Å²) in [6.45, 7) is 5.77. The van der Waals surface area contributed by atoms with Crippen LogP contribution in [-0.2, 0) is 28.0 Å². The van der Waals surface area contributed by atoms with Gasteiger partial charge in [-0.3, -0.25) is 9.00 Å². The van der Waals surface area contributed by atoms with Gasteiger partial charge in [-0.25, -0.2) is 0 Å². The van der Waals surface area contributed by atoms with Crippen LogP contribution in [0.3, 0.4) is 0 Å². The second-order valence-electron chi connectivity index (χ2n) is 5.81. The first-order chi connectivity index (χ1) is 9.30. The van der Waals surface area contributed by atoms with Gasteiger partial charge in [-0.15, -0.1) is 0 Å². The van der Waals surface area contributed by atoms with E-state index in [1.165, 1.54) is 0 Å². The van der Waals surface area contributed by atoms with Crippen LogP contribution in [0.15, 0.2) is 24.3 Å². The quantitative estimate of drug-likeness (QED) is 0.840. The van der Waals surface area contributed by atoms with Gasteiger partial charge in [0.25, 0.3) is 0 Å². The highest BCUT2D eigenvalue weighted by Crippen LogP contribution is 2.08. The number of nitrogens with one attached hydrogen (secondary N) is 1. The van der Waals surface area contributed by atoms with Crippen molar-refractivity contribution in [3.8, 4) is 0 Å². The fourth-order valence-corrected chi connectivity index (χ4v) is 2.81. The molecule has 0 spiro atoms. The van der Waals surface area contributed by atoms with Gasteiger partial charge < -0.3 is 10.4 Å². The fraction of sp³-hybridized carbons (Fsp3) is 0.533. The Morgan fingerprint density at radius 3 is 2.25 bits per heavy atom. The Balaban J connectivity index is 2.38. The van der Waals surface area contributed by atoms with Gasteiger partial charge in [0.05, 0.1) is 6.61 Å². The minimum Gasteiger partial charge on any atom is -0.392 e. The zero-order valence-electron chi connectivity index (χ0n) is 12.3. The van der Waals surface area contributed by atoms with E-state index in [4.69, 9.17) is 5.11 Å². The van der Waals surface area contributed by atoms with E-state index in [2.05, 4.69) is 5.32 Å². The first-order valence-electron chi connectivity index (χ1n) is 6.65. The highest BCUT2D eigenvalue weighted by Gasteiger charge is 2.14. The maximum Gasteiger partial charge on any atom is 0.221 e. The molecule has 0 aliphatic heterocycles. The minimum atomic E-state index is -1.05. The van der Waals surface area contributed by atoms with Crippen molar-refractivity contribution in [1.29, 1.82) is 0 Å². The van der Waals surface area contributed by atoms with E-state index in [1.54, 1.807) is 0 Å². The summed E-state index contributed by atoms with van der Waals surface area (Å²) in [5, 5.41) is 11.8. The Bertz CT molecular complexity index is 463. The fourth-order valence-electron chi connectivity index (χ4n) is 1.69. The van der Waals surface area contributed by atoms with Crippen LogP contribution in [-0.4, -0.2) is 26.5 Å². The van der Waals surface area contributed by atoms with Gasteiger partial charge in [-0.05, 0) is 31.9 Å². The molecule has 1 aromatic rings. The smallest absolute Gasteiger partial charge is 0.221 e. The maximum absolute atomic E-state index is 11.9. The third kappa shape index (κ3) is 6.82. The molecule has 0 aromatic heterocycles. The van der Waals surface area contributed by atoms with Crippen LogP contribution in [0.2, 0.25) is 0 Å². The number of hydrogen-bond acceptors (Lipinski definition) is 3. The molecule has 0 radical (unpaired) electrons. The highest BCUT2D eigenvalue weighted by molar-refractivity contribution is 7.84. The van der Waals surface area contributed by atoms with Gasteiger partial charge in [0.15, 0.2) is 0 Å². The van der Waals surface area contributed by atoms with Crippen molar-refractivity contribution < 1.29 is 14.1 Å². The summed E-state index contributed by atoms with van der Waals surface area (Å²) < 4.78 is 11.9. The van der Waals surface area contributed by atoms with Crippen molar-refractivity contribution in [2.45, 2.75) is 45.1 Å². The number of carbonyl (C=O) groups is 1. The number of carbonyl (C=O) groups excluding carboxylic acids is 1. The largest absolute Gasteiger partial charge is 0.392 e. The van der Waals surface area contributed by atoms with Crippen LogP contribution in [0.5, 0.6) is 0 Å². The molecule has 1 amide bonds. The van der Waals surface area contributed by atoms with E-state index in [0.717, 1.165) is 11.1 Å². The normalized spacial score (nSPS) is 13.0. The Hall–Kier alpha value is -1.20. The van der Waals surface area contributed by atoms with Crippen molar-refractivity contribution in [2.75, 3.05) is 5.75 Å². The van der Waals surface area contributed by atoms with Crippen LogP contribution in [0.4, 0.5) is 0 Å². The summed E-state index contributed by atoms with van der Waals surface area (Å²) in [5.74, 6) is 0.736. The number of rotatable bonds is 6. The van der Waals surface area contributed by atoms with E-state index < -0.39 is 10.8 Å². The zero-order valence-corrected chi connectivity index (χ0v) is 13.1. The average molecular weight is 297 g/mol. The van der Waals surface area contributed by atoms with Crippen LogP contribution >= 0.6 is 0 Å². The Kier molecular flexibility index (Phi) is 6.36. The summed E-state index contributed by atoms with van der Waals surface area (Å²) in [7, 11) is -1.05. The molecule has 1 unspecified atom stereocenters. The number of amides is 1. The predicted molar refractivity (Wildman–Crippen MR) is 81.6 cm³/mol. The van der Waals surface area contributed by atoms with E-state index in [9.17, 15) is 9.00 Å². The summed E-state index contributed by atoms with van der Waals surface area (Å²) in [4.78, 5) is 11.6. The second kappa shape index (κ2) is 7.55. The standard InChI is InChI=1S/C15H23NO3S/c1-15(2,3)16-14(18)8-9-20(19)11-13-6-4-12(10-17)5-7-13/h4-7,17H,8-11H2,1-3H3,(H,16,18). The molecule has 0 saturated carbocycles. The number of hydrogen-bond donors (Lipinski definition) is 2. The lowest BCUT2D eigenvalue weighted by Crippen LogP contribution is -2.41. The van der Waals surface area contributed by atoms with Crippen LogP contribution in [0, 0.1) is 0 Å². The molecule has 1 rings (SSSR count). The molecule has 0 heterocycles. The Morgan fingerprint density at radius 1 is 1.20 bits per heavy atom. The number of aliphatic hydroxyl groups is 1. The van der Waals surface area contributed by atoms with Crippen LogP contribution in [0.25, 0.3) is 0 Å². The molecule has 2 N–H and O–H groups in total. The van der Waals surface area contributed by atoms with Gasteiger partial charge in [-0.2, -0.15) is 0 Å². The van der Waals surface area contributed by atoms with Gasteiger partial charge in [0.1, 0.15) is 0 Å². The topological polar surface area (TPSA) is 66.4 Å². The molecule has 0 saturated heterocycles. The van der Waals surface area contributed by atoms with Gasteiger partial charge >= 0.3 is 0 Å². The van der Waals surface area contributed by atoms with Crippen molar-refractivity contribution in [3.63, 3.8) is 0 Å². The lowest BCUT2D eigenvalue weighted by Gasteiger charge is -2.20. The summed E-state index contributed by atoms with van der Waals surface area (Å²) in [5.41, 5.74) is 1.54. The highest BCUT2D eigenvalue weighted by atomic mass is 32.2. The van der Waals surface area contributed by atoms with Gasteiger partial charge in [0.2, 0.25) is 5.91 Å². The lowest BCUT2D eigenvalue weighted by atomic mass is 10.1. The van der Waals surface area contributed by atoms with Crippen molar-refractivity contribution in [1.82, 2.24) is 5.32 Å². The third-order valence-corrected chi connectivity index (χ3v) is 3.92. The summed E-state index contributed by atoms with van der Waals surface area (Å²) >= 11 is 0. The van der Waals surface area contributed by atoms with Crippen LogP contribution in [0.1, 0.15) is 38.3 Å².